The quantitative estimate of drug-likeness (QED) is 0.722. The van der Waals surface area contributed by atoms with Crippen LogP contribution < -0.4 is 5.32 Å². The molecule has 28 heavy (non-hydrogen) atoms. The molecule has 2 fully saturated rings. The zero-order valence-electron chi connectivity index (χ0n) is 16.6. The first kappa shape index (κ1) is 19.4. The Morgan fingerprint density at radius 2 is 2.18 bits per heavy atom. The van der Waals surface area contributed by atoms with Gasteiger partial charge in [-0.05, 0) is 63.4 Å². The summed E-state index contributed by atoms with van der Waals surface area (Å²) in [5.41, 5.74) is 2.28. The fourth-order valence-electron chi connectivity index (χ4n) is 4.15. The fraction of sp³-hybridized carbons (Fsp3) is 0.524. The van der Waals surface area contributed by atoms with Crippen molar-refractivity contribution < 1.29 is 4.74 Å². The highest BCUT2D eigenvalue weighted by Crippen LogP contribution is 2.38. The van der Waals surface area contributed by atoms with Crippen LogP contribution in [0, 0.1) is 0 Å². The summed E-state index contributed by atoms with van der Waals surface area (Å²) in [7, 11) is 4.19. The van der Waals surface area contributed by atoms with Gasteiger partial charge >= 0.3 is 0 Å². The molecule has 0 radical (unpaired) electrons. The molecule has 2 saturated heterocycles. The standard InChI is InChI=1S/C21H29N5OS/c1-24(2)12-13-26-20(19(23-21(26)28)17-8-3-4-10-22-17)18-9-5-11-25(18)15-16-7-6-14-27-16/h3-5,8-11,16,19-20H,6-7,12-15H2,1-2H3,(H,23,28)/t16-,19-,20-/m1/s1. The third kappa shape index (κ3) is 4.06. The molecule has 0 amide bonds. The van der Waals surface area contributed by atoms with Gasteiger partial charge in [0.2, 0.25) is 0 Å². The first-order valence-corrected chi connectivity index (χ1v) is 10.4. The molecule has 2 aromatic heterocycles. The average molecular weight is 400 g/mol. The minimum absolute atomic E-state index is 0.0361. The van der Waals surface area contributed by atoms with Gasteiger partial charge in [-0.15, -0.1) is 0 Å². The monoisotopic (exact) mass is 399 g/mol. The molecular formula is C21H29N5OS. The Balaban J connectivity index is 1.66. The van der Waals surface area contributed by atoms with E-state index < -0.39 is 0 Å². The number of pyridine rings is 1. The highest BCUT2D eigenvalue weighted by atomic mass is 32.1. The molecule has 0 aromatic carbocycles. The Labute approximate surface area is 172 Å². The van der Waals surface area contributed by atoms with E-state index in [1.165, 1.54) is 5.69 Å². The number of hydrogen-bond donors (Lipinski definition) is 1. The van der Waals surface area contributed by atoms with Crippen molar-refractivity contribution in [2.24, 2.45) is 0 Å². The second kappa shape index (κ2) is 8.59. The molecule has 0 unspecified atom stereocenters. The van der Waals surface area contributed by atoms with Crippen LogP contribution in [-0.2, 0) is 11.3 Å². The molecule has 0 aliphatic carbocycles. The Kier molecular flexibility index (Phi) is 5.94. The molecule has 2 aromatic rings. The number of ether oxygens (including phenoxy) is 1. The van der Waals surface area contributed by atoms with E-state index in [-0.39, 0.29) is 12.1 Å². The van der Waals surface area contributed by atoms with Crippen LogP contribution in [0.5, 0.6) is 0 Å². The highest BCUT2D eigenvalue weighted by Gasteiger charge is 2.41. The van der Waals surface area contributed by atoms with Crippen LogP contribution in [0.15, 0.2) is 42.7 Å². The summed E-state index contributed by atoms with van der Waals surface area (Å²) in [6.07, 6.45) is 6.61. The topological polar surface area (TPSA) is 45.6 Å². The molecule has 150 valence electrons. The summed E-state index contributed by atoms with van der Waals surface area (Å²) in [4.78, 5) is 9.13. The second-order valence-electron chi connectivity index (χ2n) is 7.84. The van der Waals surface area contributed by atoms with Gasteiger partial charge in [-0.3, -0.25) is 4.98 Å². The Hall–Kier alpha value is -1.96. The second-order valence-corrected chi connectivity index (χ2v) is 8.23. The van der Waals surface area contributed by atoms with Crippen molar-refractivity contribution in [3.63, 3.8) is 0 Å². The molecule has 4 rings (SSSR count). The minimum atomic E-state index is 0.0361. The largest absolute Gasteiger partial charge is 0.376 e. The summed E-state index contributed by atoms with van der Waals surface area (Å²) in [6, 6.07) is 10.6. The smallest absolute Gasteiger partial charge is 0.170 e. The van der Waals surface area contributed by atoms with Gasteiger partial charge in [-0.2, -0.15) is 0 Å². The maximum atomic E-state index is 5.89. The maximum Gasteiger partial charge on any atom is 0.170 e. The molecule has 4 heterocycles. The van der Waals surface area contributed by atoms with E-state index in [1.54, 1.807) is 0 Å². The lowest BCUT2D eigenvalue weighted by molar-refractivity contribution is 0.0953. The molecule has 2 aliphatic heterocycles. The third-order valence-corrected chi connectivity index (χ3v) is 5.93. The third-order valence-electron chi connectivity index (χ3n) is 5.58. The average Bonchev–Trinajstić information content (AvgIpc) is 3.42. The van der Waals surface area contributed by atoms with Gasteiger partial charge < -0.3 is 24.4 Å². The lowest BCUT2D eigenvalue weighted by Crippen LogP contribution is -2.36. The van der Waals surface area contributed by atoms with Crippen LogP contribution in [0.1, 0.15) is 36.3 Å². The van der Waals surface area contributed by atoms with E-state index in [1.807, 2.05) is 18.3 Å². The number of rotatable bonds is 7. The van der Waals surface area contributed by atoms with E-state index in [0.29, 0.717) is 6.10 Å². The first-order chi connectivity index (χ1) is 13.6. The van der Waals surface area contributed by atoms with Crippen molar-refractivity contribution in [2.45, 2.75) is 37.6 Å². The Morgan fingerprint density at radius 1 is 1.29 bits per heavy atom. The van der Waals surface area contributed by atoms with E-state index >= 15 is 0 Å². The minimum Gasteiger partial charge on any atom is -0.376 e. The predicted octanol–water partition coefficient (Wildman–Crippen LogP) is 2.60. The summed E-state index contributed by atoms with van der Waals surface area (Å²) in [5, 5.41) is 4.33. The van der Waals surface area contributed by atoms with Crippen molar-refractivity contribution in [1.29, 1.82) is 0 Å². The maximum absolute atomic E-state index is 5.89. The van der Waals surface area contributed by atoms with Crippen molar-refractivity contribution in [3.05, 3.63) is 54.1 Å². The van der Waals surface area contributed by atoms with E-state index in [9.17, 15) is 0 Å². The van der Waals surface area contributed by atoms with Gasteiger partial charge in [0.15, 0.2) is 5.11 Å². The first-order valence-electron chi connectivity index (χ1n) is 10.0. The number of likely N-dealkylation sites (N-methyl/N-ethyl adjacent to an activating group) is 1. The molecule has 6 nitrogen and oxygen atoms in total. The zero-order valence-corrected chi connectivity index (χ0v) is 17.4. The predicted molar refractivity (Wildman–Crippen MR) is 114 cm³/mol. The Morgan fingerprint density at radius 3 is 2.89 bits per heavy atom. The summed E-state index contributed by atoms with van der Waals surface area (Å²) < 4.78 is 8.23. The molecule has 0 saturated carbocycles. The highest BCUT2D eigenvalue weighted by molar-refractivity contribution is 7.80. The Bertz CT molecular complexity index is 787. The molecule has 7 heteroatoms. The van der Waals surface area contributed by atoms with E-state index in [0.717, 1.165) is 49.9 Å². The van der Waals surface area contributed by atoms with Gasteiger partial charge in [-0.25, -0.2) is 0 Å². The van der Waals surface area contributed by atoms with E-state index in [4.69, 9.17) is 17.0 Å². The lowest BCUT2D eigenvalue weighted by atomic mass is 10.0. The van der Waals surface area contributed by atoms with Crippen LogP contribution in [-0.4, -0.2) is 64.4 Å². The summed E-state index contributed by atoms with van der Waals surface area (Å²) in [6.45, 7) is 3.58. The van der Waals surface area contributed by atoms with Crippen LogP contribution in [0.2, 0.25) is 0 Å². The van der Waals surface area contributed by atoms with Gasteiger partial charge in [0.05, 0.1) is 23.9 Å². The van der Waals surface area contributed by atoms with Crippen LogP contribution in [0.3, 0.4) is 0 Å². The molecular weight excluding hydrogens is 370 g/mol. The van der Waals surface area contributed by atoms with Crippen molar-refractivity contribution in [2.75, 3.05) is 33.8 Å². The van der Waals surface area contributed by atoms with Gasteiger partial charge in [-0.1, -0.05) is 6.07 Å². The molecule has 0 bridgehead atoms. The van der Waals surface area contributed by atoms with Crippen LogP contribution in [0.4, 0.5) is 0 Å². The van der Waals surface area contributed by atoms with Gasteiger partial charge in [0.25, 0.3) is 0 Å². The van der Waals surface area contributed by atoms with Crippen molar-refractivity contribution in [3.8, 4) is 0 Å². The zero-order chi connectivity index (χ0) is 19.5. The van der Waals surface area contributed by atoms with Crippen LogP contribution >= 0.6 is 12.2 Å². The molecule has 2 aliphatic rings. The summed E-state index contributed by atoms with van der Waals surface area (Å²) >= 11 is 5.74. The number of hydrogen-bond acceptors (Lipinski definition) is 4. The number of nitrogens with zero attached hydrogens (tertiary/aromatic N) is 4. The van der Waals surface area contributed by atoms with Crippen LogP contribution in [0.25, 0.3) is 0 Å². The van der Waals surface area contributed by atoms with Gasteiger partial charge in [0, 0.05) is 44.3 Å². The van der Waals surface area contributed by atoms with Crippen molar-refractivity contribution >= 4 is 17.3 Å². The summed E-state index contributed by atoms with van der Waals surface area (Å²) in [5.74, 6) is 0. The SMILES string of the molecule is CN(C)CCN1C(=S)N[C@H](c2ccccn2)[C@H]1c1cccn1C[C@H]1CCCO1. The van der Waals surface area contributed by atoms with Crippen molar-refractivity contribution in [1.82, 2.24) is 24.7 Å². The van der Waals surface area contributed by atoms with Gasteiger partial charge in [0.1, 0.15) is 0 Å². The van der Waals surface area contributed by atoms with E-state index in [2.05, 4.69) is 63.2 Å². The number of thiocarbonyl (C=S) groups is 1. The fourth-order valence-corrected chi connectivity index (χ4v) is 4.48. The lowest BCUT2D eigenvalue weighted by Gasteiger charge is -2.30. The molecule has 3 atom stereocenters. The molecule has 0 spiro atoms. The number of aromatic nitrogens is 2. The number of nitrogens with one attached hydrogen (secondary N) is 1. The molecule has 1 N–H and O–H groups in total. The normalized spacial score (nSPS) is 24.9.